The number of hydrogen-bond acceptors (Lipinski definition) is 3. The van der Waals surface area contributed by atoms with Crippen LogP contribution < -0.4 is 10.7 Å². The lowest BCUT2D eigenvalue weighted by atomic mass is 9.89. The predicted molar refractivity (Wildman–Crippen MR) is 285 cm³/mol. The van der Waals surface area contributed by atoms with Gasteiger partial charge in [-0.1, -0.05) is 238 Å². The summed E-state index contributed by atoms with van der Waals surface area (Å²) < 4.78 is 0. The zero-order valence-electron chi connectivity index (χ0n) is 39.0. The third-order valence-corrected chi connectivity index (χ3v) is 8.13. The van der Waals surface area contributed by atoms with Crippen molar-refractivity contribution < 1.29 is 0 Å². The monoisotopic (exact) mass is 826 g/mol. The molecule has 1 unspecified atom stereocenters. The zero-order chi connectivity index (χ0) is 46.8. The number of nitrogens with one attached hydrogen (secondary N) is 2. The van der Waals surface area contributed by atoms with Gasteiger partial charge in [-0.2, -0.15) is 5.10 Å². The van der Waals surface area contributed by atoms with Crippen molar-refractivity contribution >= 4 is 11.9 Å². The molecule has 0 aliphatic heterocycles. The highest BCUT2D eigenvalue weighted by Gasteiger charge is 2.15. The van der Waals surface area contributed by atoms with Crippen LogP contribution in [-0.4, -0.2) is 13.3 Å². The second-order valence-electron chi connectivity index (χ2n) is 12.4. The van der Waals surface area contributed by atoms with Gasteiger partial charge in [0.1, 0.15) is 0 Å². The average Bonchev–Trinajstić information content (AvgIpc) is 3.34. The number of anilines is 1. The van der Waals surface area contributed by atoms with Gasteiger partial charge < -0.3 is 10.7 Å². The van der Waals surface area contributed by atoms with Crippen molar-refractivity contribution in [3.8, 4) is 22.3 Å². The minimum Gasteiger partial charge on any atom is -0.355 e. The molecule has 0 fully saturated rings. The Morgan fingerprint density at radius 2 is 1.11 bits per heavy atom. The number of benzene rings is 4. The molecule has 4 aromatic carbocycles. The van der Waals surface area contributed by atoms with Crippen LogP contribution in [0.25, 0.3) is 22.3 Å². The third-order valence-electron chi connectivity index (χ3n) is 8.13. The molecule has 0 saturated heterocycles. The Bertz CT molecular complexity index is 1970. The standard InChI is InChI=1S/C40H39N3.3C4H6.C3H6.2C2H6/c1-4-5-7-13-30(2)38-18-10-11-19-40(38)43-37-26-24-34(25-27-37)39(29-42-41-3)36-17-12-16-35(28-36)33-22-20-32(21-23-33)31-14-8-6-9-15-31;3*1-3-4-2;1-3-2;2*1-2/h4-9,11-17,19-29,39,41,43H,2,10,18H2,1,3H3;3*3-4H,1-2H2;3H,1H2,2H3;2*1-2H3/b5-4-,13-7-,42-29-;;;;;;. The normalized spacial score (nSPS) is 11.1. The van der Waals surface area contributed by atoms with Gasteiger partial charge in [0.25, 0.3) is 0 Å². The van der Waals surface area contributed by atoms with Crippen LogP contribution in [0.1, 0.15) is 71.4 Å². The Kier molecular flexibility index (Phi) is 36.4. The van der Waals surface area contributed by atoms with E-state index in [2.05, 4.69) is 184 Å². The summed E-state index contributed by atoms with van der Waals surface area (Å²) in [5.41, 5.74) is 14.6. The largest absolute Gasteiger partial charge is 0.355 e. The van der Waals surface area contributed by atoms with E-state index in [1.807, 2.05) is 79.1 Å². The van der Waals surface area contributed by atoms with Crippen LogP contribution in [0, 0.1) is 0 Å². The number of allylic oxidation sites excluding steroid dienone is 15. The lowest BCUT2D eigenvalue weighted by Crippen LogP contribution is -2.08. The second kappa shape index (κ2) is 39.5. The molecule has 5 rings (SSSR count). The third kappa shape index (κ3) is 23.6. The SMILES string of the molecule is C=C(/C=C\C=C/C)C1=C(Nc2ccc(C(/C=N\NC)c3cccc(-c4ccc(-c5ccccc5)cc4)c3)cc2)C=CCC1.C=CC.C=CC=C.C=CC=C.C=CC=C.CC.CC. The fourth-order valence-corrected chi connectivity index (χ4v) is 5.34. The van der Waals surface area contributed by atoms with Crippen LogP contribution in [0.5, 0.6) is 0 Å². The molecule has 0 aromatic heterocycles. The summed E-state index contributed by atoms with van der Waals surface area (Å²) in [6, 6.07) is 36.7. The van der Waals surface area contributed by atoms with E-state index in [1.54, 1.807) is 42.5 Å². The van der Waals surface area contributed by atoms with Gasteiger partial charge in [-0.25, -0.2) is 0 Å². The Morgan fingerprint density at radius 1 is 0.613 bits per heavy atom. The minimum atomic E-state index is 0.00549. The van der Waals surface area contributed by atoms with E-state index >= 15 is 0 Å². The van der Waals surface area contributed by atoms with Gasteiger partial charge in [-0.3, -0.25) is 0 Å². The molecule has 0 radical (unpaired) electrons. The fraction of sp³-hybridized carbons (Fsp3) is 0.169. The molecule has 1 atom stereocenters. The van der Waals surface area contributed by atoms with E-state index in [1.165, 1.54) is 39.0 Å². The molecule has 1 aliphatic rings. The highest BCUT2D eigenvalue weighted by atomic mass is 15.3. The number of hydrazone groups is 1. The lowest BCUT2D eigenvalue weighted by molar-refractivity contribution is 0.893. The van der Waals surface area contributed by atoms with Gasteiger partial charge in [0.05, 0.1) is 0 Å². The van der Waals surface area contributed by atoms with Crippen LogP contribution in [0.2, 0.25) is 0 Å². The summed E-state index contributed by atoms with van der Waals surface area (Å²) >= 11 is 0. The van der Waals surface area contributed by atoms with Crippen LogP contribution >= 0.6 is 0 Å². The molecular formula is C59H75N3. The topological polar surface area (TPSA) is 36.4 Å². The molecule has 3 heteroatoms. The van der Waals surface area contributed by atoms with E-state index < -0.39 is 0 Å². The Hall–Kier alpha value is -6.97. The molecule has 1 aliphatic carbocycles. The maximum absolute atomic E-state index is 4.42. The molecule has 0 spiro atoms. The Balaban J connectivity index is 0. The molecule has 0 bridgehead atoms. The minimum absolute atomic E-state index is 0.00549. The number of nitrogens with zero attached hydrogens (tertiary/aromatic N) is 1. The van der Waals surface area contributed by atoms with Gasteiger partial charge in [-0.05, 0) is 89.4 Å². The molecule has 326 valence electrons. The summed E-state index contributed by atoms with van der Waals surface area (Å²) in [5.74, 6) is 0.00549. The van der Waals surface area contributed by atoms with Crippen molar-refractivity contribution in [2.45, 2.75) is 60.3 Å². The van der Waals surface area contributed by atoms with Gasteiger partial charge in [0.15, 0.2) is 0 Å². The molecule has 0 heterocycles. The average molecular weight is 826 g/mol. The first-order chi connectivity index (χ1) is 30.3. The summed E-state index contributed by atoms with van der Waals surface area (Å²) in [5, 5.41) is 8.05. The summed E-state index contributed by atoms with van der Waals surface area (Å²) in [6.07, 6.45) is 28.1. The van der Waals surface area contributed by atoms with Gasteiger partial charge in [0, 0.05) is 30.6 Å². The summed E-state index contributed by atoms with van der Waals surface area (Å²) in [7, 11) is 1.83. The molecule has 2 N–H and O–H groups in total. The zero-order valence-corrected chi connectivity index (χ0v) is 39.0. The summed E-state index contributed by atoms with van der Waals surface area (Å²) in [6.45, 7) is 39.7. The van der Waals surface area contributed by atoms with Crippen molar-refractivity contribution in [3.05, 3.63) is 263 Å². The van der Waals surface area contributed by atoms with E-state index in [9.17, 15) is 0 Å². The summed E-state index contributed by atoms with van der Waals surface area (Å²) in [4.78, 5) is 0. The fourth-order valence-electron chi connectivity index (χ4n) is 5.34. The highest BCUT2D eigenvalue weighted by molar-refractivity contribution is 5.76. The van der Waals surface area contributed by atoms with Crippen LogP contribution in [0.15, 0.2) is 257 Å². The number of hydrogen-bond donors (Lipinski definition) is 2. The lowest BCUT2D eigenvalue weighted by Gasteiger charge is -2.19. The van der Waals surface area contributed by atoms with Crippen molar-refractivity contribution in [3.63, 3.8) is 0 Å². The Morgan fingerprint density at radius 3 is 1.61 bits per heavy atom. The quantitative estimate of drug-likeness (QED) is 0.0575. The van der Waals surface area contributed by atoms with E-state index in [4.69, 9.17) is 0 Å². The molecule has 4 aromatic rings. The van der Waals surface area contributed by atoms with Crippen molar-refractivity contribution in [2.75, 3.05) is 12.4 Å². The Labute approximate surface area is 378 Å². The van der Waals surface area contributed by atoms with Crippen molar-refractivity contribution in [2.24, 2.45) is 5.10 Å². The number of rotatable bonds is 14. The van der Waals surface area contributed by atoms with Gasteiger partial charge >= 0.3 is 0 Å². The predicted octanol–water partition coefficient (Wildman–Crippen LogP) is 17.4. The van der Waals surface area contributed by atoms with E-state index in [0.29, 0.717) is 0 Å². The first-order valence-corrected chi connectivity index (χ1v) is 21.3. The maximum atomic E-state index is 4.42. The smallest absolute Gasteiger partial charge is 0.0461 e. The van der Waals surface area contributed by atoms with Crippen LogP contribution in [-0.2, 0) is 0 Å². The maximum Gasteiger partial charge on any atom is 0.0461 e. The van der Waals surface area contributed by atoms with E-state index in [-0.39, 0.29) is 5.92 Å². The first kappa shape index (κ1) is 57.1. The van der Waals surface area contributed by atoms with Crippen LogP contribution in [0.3, 0.4) is 0 Å². The second-order valence-corrected chi connectivity index (χ2v) is 12.4. The van der Waals surface area contributed by atoms with E-state index in [0.717, 1.165) is 29.8 Å². The molecule has 3 nitrogen and oxygen atoms in total. The van der Waals surface area contributed by atoms with Crippen LogP contribution in [0.4, 0.5) is 5.69 Å². The molecule has 0 amide bonds. The first-order valence-electron chi connectivity index (χ1n) is 21.3. The van der Waals surface area contributed by atoms with Crippen molar-refractivity contribution in [1.29, 1.82) is 0 Å². The molecule has 62 heavy (non-hydrogen) atoms. The van der Waals surface area contributed by atoms with Crippen molar-refractivity contribution in [1.82, 2.24) is 5.43 Å². The molecular weight excluding hydrogens is 751 g/mol. The van der Waals surface area contributed by atoms with Gasteiger partial charge in [0.2, 0.25) is 0 Å². The highest BCUT2D eigenvalue weighted by Crippen LogP contribution is 2.31. The molecule has 0 saturated carbocycles. The van der Waals surface area contributed by atoms with Gasteiger partial charge in [-0.15, -0.1) is 6.58 Å².